The Balaban J connectivity index is 1.80. The van der Waals surface area contributed by atoms with Crippen LogP contribution in [0.4, 0.5) is 0 Å². The summed E-state index contributed by atoms with van der Waals surface area (Å²) in [7, 11) is 2.14. The Labute approximate surface area is 117 Å². The lowest BCUT2D eigenvalue weighted by molar-refractivity contribution is 0.341. The van der Waals surface area contributed by atoms with Gasteiger partial charge in [0.1, 0.15) is 0 Å². The molecule has 0 aliphatic heterocycles. The van der Waals surface area contributed by atoms with Crippen LogP contribution in [0.3, 0.4) is 0 Å². The number of fused-ring (bicyclic) bond motifs is 1. The number of hydrogen-bond acceptors (Lipinski definition) is 1. The van der Waals surface area contributed by atoms with Crippen molar-refractivity contribution in [3.8, 4) is 0 Å². The molecule has 1 aromatic carbocycles. The summed E-state index contributed by atoms with van der Waals surface area (Å²) in [6.45, 7) is 0. The van der Waals surface area contributed by atoms with Crippen molar-refractivity contribution >= 4 is 0 Å². The lowest BCUT2D eigenvalue weighted by Gasteiger charge is -2.27. The van der Waals surface area contributed by atoms with Gasteiger partial charge in [-0.25, -0.2) is 0 Å². The standard InChI is InChI=1S/C18H27N/c1-19-18(15-7-4-2-3-5-8-15)17-12-11-14-9-6-10-16(14)13-17/h11-13,15,18-19H,2-10H2,1H3. The molecule has 0 heterocycles. The maximum Gasteiger partial charge on any atom is 0.0346 e. The highest BCUT2D eigenvalue weighted by Crippen LogP contribution is 2.35. The summed E-state index contributed by atoms with van der Waals surface area (Å²) in [6, 6.07) is 7.84. The fraction of sp³-hybridized carbons (Fsp3) is 0.667. The average Bonchev–Trinajstić information content (AvgIpc) is 2.74. The quantitative estimate of drug-likeness (QED) is 0.791. The highest BCUT2D eigenvalue weighted by molar-refractivity contribution is 5.36. The number of rotatable bonds is 3. The Morgan fingerprint density at radius 3 is 2.42 bits per heavy atom. The predicted octanol–water partition coefficient (Wildman–Crippen LogP) is 4.41. The molecule has 0 radical (unpaired) electrons. The van der Waals surface area contributed by atoms with Crippen molar-refractivity contribution in [2.75, 3.05) is 7.05 Å². The third-order valence-corrected chi connectivity index (χ3v) is 5.16. The van der Waals surface area contributed by atoms with E-state index < -0.39 is 0 Å². The van der Waals surface area contributed by atoms with E-state index in [2.05, 4.69) is 30.6 Å². The molecule has 1 fully saturated rings. The van der Waals surface area contributed by atoms with Crippen LogP contribution in [0.5, 0.6) is 0 Å². The molecule has 19 heavy (non-hydrogen) atoms. The van der Waals surface area contributed by atoms with Crippen molar-refractivity contribution in [1.29, 1.82) is 0 Å². The summed E-state index contributed by atoms with van der Waals surface area (Å²) in [5, 5.41) is 3.61. The van der Waals surface area contributed by atoms with Crippen LogP contribution in [0.25, 0.3) is 0 Å². The molecule has 2 aliphatic carbocycles. The molecule has 0 saturated heterocycles. The van der Waals surface area contributed by atoms with Crippen molar-refractivity contribution in [3.05, 3.63) is 34.9 Å². The summed E-state index contributed by atoms with van der Waals surface area (Å²) in [4.78, 5) is 0. The minimum absolute atomic E-state index is 0.573. The summed E-state index contributed by atoms with van der Waals surface area (Å²) in [5.74, 6) is 0.840. The SMILES string of the molecule is CNC(c1ccc2c(c1)CCC2)C1CCCCCC1. The molecule has 1 atom stereocenters. The molecule has 1 unspecified atom stereocenters. The Bertz CT molecular complexity index is 416. The van der Waals surface area contributed by atoms with Crippen molar-refractivity contribution in [2.24, 2.45) is 5.92 Å². The lowest BCUT2D eigenvalue weighted by Crippen LogP contribution is -2.25. The van der Waals surface area contributed by atoms with Crippen LogP contribution in [0, 0.1) is 5.92 Å². The third-order valence-electron chi connectivity index (χ3n) is 5.16. The van der Waals surface area contributed by atoms with Gasteiger partial charge < -0.3 is 5.32 Å². The van der Waals surface area contributed by atoms with Crippen LogP contribution in [-0.4, -0.2) is 7.05 Å². The van der Waals surface area contributed by atoms with E-state index >= 15 is 0 Å². The van der Waals surface area contributed by atoms with E-state index in [-0.39, 0.29) is 0 Å². The van der Waals surface area contributed by atoms with E-state index in [4.69, 9.17) is 0 Å². The molecule has 3 rings (SSSR count). The van der Waals surface area contributed by atoms with Crippen molar-refractivity contribution in [3.63, 3.8) is 0 Å². The van der Waals surface area contributed by atoms with Crippen LogP contribution in [-0.2, 0) is 12.8 Å². The van der Waals surface area contributed by atoms with Gasteiger partial charge in [0.15, 0.2) is 0 Å². The Morgan fingerprint density at radius 1 is 0.947 bits per heavy atom. The number of hydrogen-bond donors (Lipinski definition) is 1. The average molecular weight is 257 g/mol. The molecule has 1 N–H and O–H groups in total. The zero-order chi connectivity index (χ0) is 13.1. The summed E-state index contributed by atoms with van der Waals surface area (Å²) in [5.41, 5.74) is 4.75. The minimum Gasteiger partial charge on any atom is -0.313 e. The summed E-state index contributed by atoms with van der Waals surface area (Å²) >= 11 is 0. The molecule has 1 nitrogen and oxygen atoms in total. The van der Waals surface area contributed by atoms with E-state index in [9.17, 15) is 0 Å². The first-order chi connectivity index (χ1) is 9.38. The Morgan fingerprint density at radius 2 is 1.68 bits per heavy atom. The zero-order valence-corrected chi connectivity index (χ0v) is 12.3. The van der Waals surface area contributed by atoms with Gasteiger partial charge in [-0.05, 0) is 61.8 Å². The highest BCUT2D eigenvalue weighted by Gasteiger charge is 2.24. The maximum absolute atomic E-state index is 3.61. The molecule has 1 aromatic rings. The van der Waals surface area contributed by atoms with Gasteiger partial charge in [0.2, 0.25) is 0 Å². The molecule has 1 saturated carbocycles. The molecule has 0 aromatic heterocycles. The van der Waals surface area contributed by atoms with Crippen molar-refractivity contribution in [1.82, 2.24) is 5.32 Å². The minimum atomic E-state index is 0.573. The van der Waals surface area contributed by atoms with Gasteiger partial charge in [-0.2, -0.15) is 0 Å². The monoisotopic (exact) mass is 257 g/mol. The second-order valence-corrected chi connectivity index (χ2v) is 6.40. The normalized spacial score (nSPS) is 21.9. The first kappa shape index (κ1) is 13.2. The molecule has 0 bridgehead atoms. The first-order valence-electron chi connectivity index (χ1n) is 8.17. The number of aryl methyl sites for hydroxylation is 2. The van der Waals surface area contributed by atoms with Crippen molar-refractivity contribution in [2.45, 2.75) is 63.8 Å². The number of nitrogens with one attached hydrogen (secondary N) is 1. The third kappa shape index (κ3) is 2.86. The molecule has 1 heteroatoms. The summed E-state index contributed by atoms with van der Waals surface area (Å²) < 4.78 is 0. The largest absolute Gasteiger partial charge is 0.313 e. The van der Waals surface area contributed by atoms with Crippen LogP contribution >= 0.6 is 0 Å². The zero-order valence-electron chi connectivity index (χ0n) is 12.3. The second kappa shape index (κ2) is 6.09. The van der Waals surface area contributed by atoms with Crippen LogP contribution in [0.1, 0.15) is 67.7 Å². The molecule has 2 aliphatic rings. The van der Waals surface area contributed by atoms with Gasteiger partial charge in [0.05, 0.1) is 0 Å². The van der Waals surface area contributed by atoms with E-state index in [1.165, 1.54) is 63.4 Å². The second-order valence-electron chi connectivity index (χ2n) is 6.40. The van der Waals surface area contributed by atoms with Gasteiger partial charge in [0.25, 0.3) is 0 Å². The Hall–Kier alpha value is -0.820. The van der Waals surface area contributed by atoms with Gasteiger partial charge in [-0.15, -0.1) is 0 Å². The first-order valence-corrected chi connectivity index (χ1v) is 8.17. The predicted molar refractivity (Wildman–Crippen MR) is 81.5 cm³/mol. The van der Waals surface area contributed by atoms with Crippen LogP contribution < -0.4 is 5.32 Å². The molecule has 104 valence electrons. The van der Waals surface area contributed by atoms with Crippen LogP contribution in [0.2, 0.25) is 0 Å². The molecule has 0 spiro atoms. The smallest absolute Gasteiger partial charge is 0.0346 e. The van der Waals surface area contributed by atoms with E-state index in [0.29, 0.717) is 6.04 Å². The maximum atomic E-state index is 3.61. The van der Waals surface area contributed by atoms with Gasteiger partial charge in [-0.3, -0.25) is 0 Å². The highest BCUT2D eigenvalue weighted by atomic mass is 14.9. The Kier molecular flexibility index (Phi) is 4.22. The van der Waals surface area contributed by atoms with E-state index in [1.54, 1.807) is 11.1 Å². The molecular formula is C18H27N. The van der Waals surface area contributed by atoms with Gasteiger partial charge in [-0.1, -0.05) is 43.9 Å². The van der Waals surface area contributed by atoms with Crippen molar-refractivity contribution < 1.29 is 0 Å². The van der Waals surface area contributed by atoms with Crippen LogP contribution in [0.15, 0.2) is 18.2 Å². The topological polar surface area (TPSA) is 12.0 Å². The fourth-order valence-electron chi connectivity index (χ4n) is 4.10. The molecular weight excluding hydrogens is 230 g/mol. The molecule has 0 amide bonds. The summed E-state index contributed by atoms with van der Waals surface area (Å²) in [6.07, 6.45) is 12.5. The fourth-order valence-corrected chi connectivity index (χ4v) is 4.10. The van der Waals surface area contributed by atoms with E-state index in [0.717, 1.165) is 5.92 Å². The number of benzene rings is 1. The van der Waals surface area contributed by atoms with Gasteiger partial charge in [0, 0.05) is 6.04 Å². The van der Waals surface area contributed by atoms with E-state index in [1.807, 2.05) is 0 Å². The lowest BCUT2D eigenvalue weighted by atomic mass is 9.86. The van der Waals surface area contributed by atoms with Gasteiger partial charge >= 0.3 is 0 Å².